The number of aromatic hydroxyl groups is 1. The molecule has 0 saturated heterocycles. The van der Waals surface area contributed by atoms with Gasteiger partial charge < -0.3 is 10.8 Å². The largest absolute Gasteiger partial charge is 0.508 e. The standard InChI is InChI=1S/C12H16NO/c13-12(8-4-1-5-9-12)10-6-2-3-7-11(10)14/h2,6-7,14H,1,4-5,8-9,13H2. The van der Waals surface area contributed by atoms with Gasteiger partial charge in [0, 0.05) is 11.1 Å². The van der Waals surface area contributed by atoms with Crippen molar-refractivity contribution < 1.29 is 5.11 Å². The number of phenols is 1. The molecule has 2 nitrogen and oxygen atoms in total. The Bertz CT molecular complexity index is 316. The Morgan fingerprint density at radius 1 is 1.29 bits per heavy atom. The normalized spacial score (nSPS) is 20.6. The van der Waals surface area contributed by atoms with Crippen LogP contribution >= 0.6 is 0 Å². The third kappa shape index (κ3) is 1.62. The van der Waals surface area contributed by atoms with E-state index in [9.17, 15) is 5.11 Å². The van der Waals surface area contributed by atoms with E-state index in [2.05, 4.69) is 6.07 Å². The van der Waals surface area contributed by atoms with Gasteiger partial charge in [-0.3, -0.25) is 0 Å². The molecule has 0 atom stereocenters. The van der Waals surface area contributed by atoms with Crippen molar-refractivity contribution in [2.75, 3.05) is 0 Å². The fourth-order valence-corrected chi connectivity index (χ4v) is 2.29. The minimum Gasteiger partial charge on any atom is -0.508 e. The molecule has 0 aromatic heterocycles. The van der Waals surface area contributed by atoms with Crippen LogP contribution in [0.1, 0.15) is 37.7 Å². The zero-order valence-electron chi connectivity index (χ0n) is 8.29. The molecule has 0 unspecified atom stereocenters. The van der Waals surface area contributed by atoms with Crippen LogP contribution < -0.4 is 5.73 Å². The van der Waals surface area contributed by atoms with Gasteiger partial charge in [-0.05, 0) is 25.0 Å². The maximum Gasteiger partial charge on any atom is 0.121 e. The Labute approximate surface area is 84.7 Å². The summed E-state index contributed by atoms with van der Waals surface area (Å²) in [6.45, 7) is 0. The van der Waals surface area contributed by atoms with Crippen molar-refractivity contribution in [1.82, 2.24) is 0 Å². The average molecular weight is 190 g/mol. The lowest BCUT2D eigenvalue weighted by atomic mass is 9.77. The van der Waals surface area contributed by atoms with Gasteiger partial charge in [-0.2, -0.15) is 0 Å². The Morgan fingerprint density at radius 3 is 2.64 bits per heavy atom. The van der Waals surface area contributed by atoms with Crippen LogP contribution in [-0.2, 0) is 5.54 Å². The van der Waals surface area contributed by atoms with E-state index in [-0.39, 0.29) is 11.3 Å². The van der Waals surface area contributed by atoms with Gasteiger partial charge in [0.25, 0.3) is 0 Å². The monoisotopic (exact) mass is 190 g/mol. The van der Waals surface area contributed by atoms with Gasteiger partial charge in [-0.1, -0.05) is 31.4 Å². The third-order valence-corrected chi connectivity index (χ3v) is 3.12. The highest BCUT2D eigenvalue weighted by Crippen LogP contribution is 2.38. The molecule has 3 N–H and O–H groups in total. The fraction of sp³-hybridized carbons (Fsp3) is 0.500. The van der Waals surface area contributed by atoms with Gasteiger partial charge in [-0.25, -0.2) is 0 Å². The smallest absolute Gasteiger partial charge is 0.121 e. The van der Waals surface area contributed by atoms with Crippen LogP contribution in [0, 0.1) is 6.07 Å². The molecule has 0 heterocycles. The first kappa shape index (κ1) is 9.53. The van der Waals surface area contributed by atoms with E-state index in [4.69, 9.17) is 5.73 Å². The minimum absolute atomic E-state index is 0.289. The quantitative estimate of drug-likeness (QED) is 0.713. The van der Waals surface area contributed by atoms with Crippen LogP contribution in [0.15, 0.2) is 18.2 Å². The highest BCUT2D eigenvalue weighted by Gasteiger charge is 2.31. The zero-order valence-corrected chi connectivity index (χ0v) is 8.29. The average Bonchev–Trinajstić information content (AvgIpc) is 2.19. The Hall–Kier alpha value is -1.02. The van der Waals surface area contributed by atoms with Gasteiger partial charge in [0.1, 0.15) is 5.75 Å². The van der Waals surface area contributed by atoms with Crippen LogP contribution in [-0.4, -0.2) is 5.11 Å². The number of phenolic OH excluding ortho intramolecular Hbond substituents is 1. The number of nitrogens with two attached hydrogens (primary N) is 1. The number of hydrogen-bond donors (Lipinski definition) is 2. The molecule has 0 bridgehead atoms. The molecule has 14 heavy (non-hydrogen) atoms. The summed E-state index contributed by atoms with van der Waals surface area (Å²) in [5, 5.41) is 9.72. The Kier molecular flexibility index (Phi) is 2.46. The first-order valence-electron chi connectivity index (χ1n) is 5.21. The lowest BCUT2D eigenvalue weighted by Crippen LogP contribution is -2.38. The van der Waals surface area contributed by atoms with Crippen molar-refractivity contribution in [3.05, 3.63) is 29.8 Å². The van der Waals surface area contributed by atoms with Crippen molar-refractivity contribution >= 4 is 0 Å². The Balaban J connectivity index is 2.32. The van der Waals surface area contributed by atoms with Crippen LogP contribution in [0.5, 0.6) is 5.75 Å². The zero-order chi connectivity index (χ0) is 10.0. The maximum absolute atomic E-state index is 9.72. The second-order valence-electron chi connectivity index (χ2n) is 4.16. The van der Waals surface area contributed by atoms with Crippen molar-refractivity contribution in [1.29, 1.82) is 0 Å². The lowest BCUT2D eigenvalue weighted by molar-refractivity contribution is 0.292. The predicted octanol–water partition coefficient (Wildman–Crippen LogP) is 2.31. The first-order chi connectivity index (χ1) is 6.72. The predicted molar refractivity (Wildman–Crippen MR) is 55.9 cm³/mol. The summed E-state index contributed by atoms with van der Waals surface area (Å²) < 4.78 is 0. The Morgan fingerprint density at radius 2 is 2.00 bits per heavy atom. The molecule has 2 rings (SSSR count). The SMILES string of the molecule is NC1(c2cc[c]cc2O)CCCCC1. The molecule has 1 radical (unpaired) electrons. The fourth-order valence-electron chi connectivity index (χ4n) is 2.29. The number of rotatable bonds is 1. The number of benzene rings is 1. The van der Waals surface area contributed by atoms with E-state index in [0.717, 1.165) is 31.2 Å². The summed E-state index contributed by atoms with van der Waals surface area (Å²) in [5.74, 6) is 0.289. The molecule has 75 valence electrons. The molecule has 1 saturated carbocycles. The van der Waals surface area contributed by atoms with Crippen molar-refractivity contribution in [3.63, 3.8) is 0 Å². The molecule has 2 heteroatoms. The van der Waals surface area contributed by atoms with Gasteiger partial charge in [-0.15, -0.1) is 0 Å². The summed E-state index contributed by atoms with van der Waals surface area (Å²) in [5.41, 5.74) is 6.88. The van der Waals surface area contributed by atoms with E-state index in [1.54, 1.807) is 6.07 Å². The van der Waals surface area contributed by atoms with E-state index in [1.807, 2.05) is 12.1 Å². The van der Waals surface area contributed by atoms with Crippen LogP contribution in [0.4, 0.5) is 0 Å². The number of hydrogen-bond acceptors (Lipinski definition) is 2. The second kappa shape index (κ2) is 3.62. The molecule has 0 spiro atoms. The summed E-state index contributed by atoms with van der Waals surface area (Å²) >= 11 is 0. The van der Waals surface area contributed by atoms with Gasteiger partial charge in [0.15, 0.2) is 0 Å². The molecule has 0 aliphatic heterocycles. The molecule has 1 fully saturated rings. The van der Waals surface area contributed by atoms with Crippen LogP contribution in [0.3, 0.4) is 0 Å². The highest BCUT2D eigenvalue weighted by atomic mass is 16.3. The molecular formula is C12H16NO. The van der Waals surface area contributed by atoms with E-state index in [0.29, 0.717) is 0 Å². The molecule has 1 aromatic rings. The molecule has 0 amide bonds. The summed E-state index contributed by atoms with van der Waals surface area (Å²) in [6, 6.07) is 8.15. The van der Waals surface area contributed by atoms with Crippen LogP contribution in [0.2, 0.25) is 0 Å². The van der Waals surface area contributed by atoms with Gasteiger partial charge in [0.05, 0.1) is 0 Å². The summed E-state index contributed by atoms with van der Waals surface area (Å²) in [4.78, 5) is 0. The van der Waals surface area contributed by atoms with Gasteiger partial charge in [0.2, 0.25) is 0 Å². The molecule has 1 aromatic carbocycles. The molecule has 1 aliphatic rings. The van der Waals surface area contributed by atoms with E-state index in [1.165, 1.54) is 6.42 Å². The topological polar surface area (TPSA) is 46.2 Å². The van der Waals surface area contributed by atoms with E-state index >= 15 is 0 Å². The summed E-state index contributed by atoms with van der Waals surface area (Å²) in [7, 11) is 0. The second-order valence-corrected chi connectivity index (χ2v) is 4.16. The van der Waals surface area contributed by atoms with Gasteiger partial charge >= 0.3 is 0 Å². The van der Waals surface area contributed by atoms with Crippen LogP contribution in [0.25, 0.3) is 0 Å². The highest BCUT2D eigenvalue weighted by molar-refractivity contribution is 5.37. The van der Waals surface area contributed by atoms with Crippen molar-refractivity contribution in [2.24, 2.45) is 5.73 Å². The maximum atomic E-state index is 9.72. The summed E-state index contributed by atoms with van der Waals surface area (Å²) in [6.07, 6.45) is 5.54. The van der Waals surface area contributed by atoms with E-state index < -0.39 is 0 Å². The van der Waals surface area contributed by atoms with Crippen molar-refractivity contribution in [2.45, 2.75) is 37.6 Å². The lowest BCUT2D eigenvalue weighted by Gasteiger charge is -2.34. The molecular weight excluding hydrogens is 174 g/mol. The van der Waals surface area contributed by atoms with Crippen molar-refractivity contribution in [3.8, 4) is 5.75 Å². The third-order valence-electron chi connectivity index (χ3n) is 3.12. The molecule has 1 aliphatic carbocycles. The first-order valence-corrected chi connectivity index (χ1v) is 5.21. The minimum atomic E-state index is -0.308.